The Bertz CT molecular complexity index is 475. The summed E-state index contributed by atoms with van der Waals surface area (Å²) in [4.78, 5) is 11.8. The predicted octanol–water partition coefficient (Wildman–Crippen LogP) is 3.09. The maximum absolute atomic E-state index is 12.7. The number of carbonyl (C=O) groups is 1. The molecule has 104 valence electrons. The maximum Gasteiger partial charge on any atom is 0.252 e. The van der Waals surface area contributed by atoms with Crippen LogP contribution in [0.3, 0.4) is 0 Å². The van der Waals surface area contributed by atoms with Crippen molar-refractivity contribution >= 4 is 30.1 Å². The number of hydrogen-bond donors (Lipinski definition) is 2. The Balaban J connectivity index is 1.85. The lowest BCUT2D eigenvalue weighted by Gasteiger charge is -2.35. The van der Waals surface area contributed by atoms with E-state index in [1.807, 2.05) is 12.1 Å². The lowest BCUT2D eigenvalue weighted by Crippen LogP contribution is -2.52. The number of halogens is 3. The molecule has 0 bridgehead atoms. The number of nitrogens with one attached hydrogen (secondary N) is 1. The third kappa shape index (κ3) is 3.83. The molecule has 1 aromatic rings. The molecule has 2 nitrogen and oxygen atoms in total. The second-order valence-electron chi connectivity index (χ2n) is 4.78. The van der Waals surface area contributed by atoms with E-state index in [1.165, 1.54) is 0 Å². The molecule has 1 aliphatic rings. The molecule has 2 rings (SSSR count). The first-order valence-electron chi connectivity index (χ1n) is 5.97. The number of amides is 1. The minimum atomic E-state index is -2.63. The normalized spacial score (nSPS) is 19.6. The highest BCUT2D eigenvalue weighted by atomic mass is 35.5. The summed E-state index contributed by atoms with van der Waals surface area (Å²) in [5.74, 6) is -2.96. The maximum atomic E-state index is 12.7. The Morgan fingerprint density at radius 3 is 2.68 bits per heavy atom. The first kappa shape index (κ1) is 14.6. The minimum absolute atomic E-state index is 0.286. The van der Waals surface area contributed by atoms with Crippen LogP contribution in [0, 0.1) is 0 Å². The zero-order chi connectivity index (χ0) is 14.0. The van der Waals surface area contributed by atoms with Gasteiger partial charge < -0.3 is 5.32 Å². The lowest BCUT2D eigenvalue weighted by molar-refractivity contribution is -0.128. The van der Waals surface area contributed by atoms with Crippen molar-refractivity contribution in [1.29, 1.82) is 0 Å². The molecule has 0 heterocycles. The van der Waals surface area contributed by atoms with Gasteiger partial charge in [-0.15, -0.1) is 0 Å². The van der Waals surface area contributed by atoms with Gasteiger partial charge in [-0.3, -0.25) is 4.79 Å². The summed E-state index contributed by atoms with van der Waals surface area (Å²) in [6.07, 6.45) is -0.200. The molecule has 19 heavy (non-hydrogen) atoms. The third-order valence-electron chi connectivity index (χ3n) is 3.11. The first-order chi connectivity index (χ1) is 8.87. The highest BCUT2D eigenvalue weighted by Crippen LogP contribution is 2.37. The van der Waals surface area contributed by atoms with Crippen LogP contribution in [0.4, 0.5) is 8.78 Å². The largest absolute Gasteiger partial charge is 0.352 e. The van der Waals surface area contributed by atoms with E-state index >= 15 is 0 Å². The summed E-state index contributed by atoms with van der Waals surface area (Å²) in [6, 6.07) is 6.74. The van der Waals surface area contributed by atoms with Crippen LogP contribution >= 0.6 is 24.2 Å². The molecule has 0 aromatic heterocycles. The van der Waals surface area contributed by atoms with Gasteiger partial charge in [-0.1, -0.05) is 29.8 Å². The predicted molar refractivity (Wildman–Crippen MR) is 74.0 cm³/mol. The van der Waals surface area contributed by atoms with E-state index in [2.05, 4.69) is 17.9 Å². The van der Waals surface area contributed by atoms with Crippen molar-refractivity contribution in [2.45, 2.75) is 36.5 Å². The van der Waals surface area contributed by atoms with Gasteiger partial charge in [0.15, 0.2) is 0 Å². The van der Waals surface area contributed by atoms with Crippen molar-refractivity contribution in [3.05, 3.63) is 34.9 Å². The zero-order valence-electron chi connectivity index (χ0n) is 10.1. The number of benzene rings is 1. The summed E-state index contributed by atoms with van der Waals surface area (Å²) in [5.41, 5.74) is 0.818. The Kier molecular flexibility index (Phi) is 4.36. The Labute approximate surface area is 120 Å². The minimum Gasteiger partial charge on any atom is -0.352 e. The average molecular weight is 306 g/mol. The SMILES string of the molecule is O=C(NC1CC(F)(F)C1)C(S)Cc1ccccc1Cl. The van der Waals surface area contributed by atoms with Crippen LogP contribution in [-0.2, 0) is 11.2 Å². The quantitative estimate of drug-likeness (QED) is 0.822. The highest BCUT2D eigenvalue weighted by molar-refractivity contribution is 7.81. The average Bonchev–Trinajstić information content (AvgIpc) is 2.29. The van der Waals surface area contributed by atoms with Crippen LogP contribution in [0.25, 0.3) is 0 Å². The molecular weight excluding hydrogens is 292 g/mol. The molecule has 0 aliphatic heterocycles. The van der Waals surface area contributed by atoms with Gasteiger partial charge >= 0.3 is 0 Å². The number of hydrogen-bond acceptors (Lipinski definition) is 2. The molecule has 1 amide bonds. The second kappa shape index (κ2) is 5.67. The van der Waals surface area contributed by atoms with Gasteiger partial charge in [0.05, 0.1) is 5.25 Å². The van der Waals surface area contributed by atoms with Crippen LogP contribution in [0.15, 0.2) is 24.3 Å². The number of carbonyl (C=O) groups excluding carboxylic acids is 1. The van der Waals surface area contributed by atoms with Crippen LogP contribution in [-0.4, -0.2) is 23.1 Å². The van der Waals surface area contributed by atoms with Crippen LogP contribution < -0.4 is 5.32 Å². The van der Waals surface area contributed by atoms with Gasteiger partial charge in [-0.05, 0) is 18.1 Å². The van der Waals surface area contributed by atoms with E-state index in [-0.39, 0.29) is 18.7 Å². The van der Waals surface area contributed by atoms with Crippen molar-refractivity contribution in [2.24, 2.45) is 0 Å². The molecule has 1 aromatic carbocycles. The van der Waals surface area contributed by atoms with Crippen molar-refractivity contribution in [3.63, 3.8) is 0 Å². The Morgan fingerprint density at radius 1 is 1.47 bits per heavy atom. The Morgan fingerprint density at radius 2 is 2.11 bits per heavy atom. The summed E-state index contributed by atoms with van der Waals surface area (Å²) in [6.45, 7) is 0. The lowest BCUT2D eigenvalue weighted by atomic mass is 9.88. The molecule has 1 aliphatic carbocycles. The van der Waals surface area contributed by atoms with Gasteiger partial charge in [0.2, 0.25) is 5.91 Å². The molecule has 1 atom stereocenters. The summed E-state index contributed by atoms with van der Waals surface area (Å²) in [5, 5.41) is 2.56. The molecule has 6 heteroatoms. The van der Waals surface area contributed by atoms with Crippen LogP contribution in [0.2, 0.25) is 5.02 Å². The second-order valence-corrected chi connectivity index (χ2v) is 5.81. The summed E-state index contributed by atoms with van der Waals surface area (Å²) >= 11 is 10.2. The molecule has 0 spiro atoms. The molecule has 1 fully saturated rings. The standard InChI is InChI=1S/C13H14ClF2NOS/c14-10-4-2-1-3-8(10)5-11(19)12(18)17-9-6-13(15,16)7-9/h1-4,9,11,19H,5-7H2,(H,17,18). The van der Waals surface area contributed by atoms with Gasteiger partial charge in [-0.25, -0.2) is 8.78 Å². The van der Waals surface area contributed by atoms with E-state index in [0.29, 0.717) is 11.4 Å². The van der Waals surface area contributed by atoms with E-state index in [1.54, 1.807) is 12.1 Å². The van der Waals surface area contributed by atoms with Crippen molar-refractivity contribution in [3.8, 4) is 0 Å². The summed E-state index contributed by atoms with van der Waals surface area (Å²) < 4.78 is 25.3. The highest BCUT2D eigenvalue weighted by Gasteiger charge is 2.46. The number of alkyl halides is 2. The fourth-order valence-electron chi connectivity index (χ4n) is 2.03. The topological polar surface area (TPSA) is 29.1 Å². The van der Waals surface area contributed by atoms with E-state index in [9.17, 15) is 13.6 Å². The molecular formula is C13H14ClF2NOS. The number of rotatable bonds is 4. The monoisotopic (exact) mass is 305 g/mol. The zero-order valence-corrected chi connectivity index (χ0v) is 11.7. The van der Waals surface area contributed by atoms with E-state index in [0.717, 1.165) is 5.56 Å². The number of thiol groups is 1. The fourth-order valence-corrected chi connectivity index (χ4v) is 2.51. The molecule has 1 N–H and O–H groups in total. The third-order valence-corrected chi connectivity index (χ3v) is 3.90. The van der Waals surface area contributed by atoms with Crippen molar-refractivity contribution in [1.82, 2.24) is 5.32 Å². The van der Waals surface area contributed by atoms with Crippen LogP contribution in [0.5, 0.6) is 0 Å². The Hall–Kier alpha value is -0.810. The molecule has 0 saturated heterocycles. The fraction of sp³-hybridized carbons (Fsp3) is 0.462. The summed E-state index contributed by atoms with van der Waals surface area (Å²) in [7, 11) is 0. The smallest absolute Gasteiger partial charge is 0.252 e. The van der Waals surface area contributed by atoms with Crippen molar-refractivity contribution < 1.29 is 13.6 Å². The van der Waals surface area contributed by atoms with E-state index < -0.39 is 17.2 Å². The molecule has 1 saturated carbocycles. The van der Waals surface area contributed by atoms with Gasteiger partial charge in [0, 0.05) is 23.9 Å². The van der Waals surface area contributed by atoms with Gasteiger partial charge in [-0.2, -0.15) is 12.6 Å². The molecule has 1 unspecified atom stereocenters. The van der Waals surface area contributed by atoms with Gasteiger partial charge in [0.25, 0.3) is 5.92 Å². The van der Waals surface area contributed by atoms with E-state index in [4.69, 9.17) is 11.6 Å². The van der Waals surface area contributed by atoms with Gasteiger partial charge in [0.1, 0.15) is 0 Å². The first-order valence-corrected chi connectivity index (χ1v) is 6.86. The molecule has 0 radical (unpaired) electrons. The van der Waals surface area contributed by atoms with Crippen LogP contribution in [0.1, 0.15) is 18.4 Å². The van der Waals surface area contributed by atoms with Crippen molar-refractivity contribution in [2.75, 3.05) is 0 Å².